The summed E-state index contributed by atoms with van der Waals surface area (Å²) in [4.78, 5) is 20.0. The maximum Gasteiger partial charge on any atom is 0.266 e. The maximum atomic E-state index is 13.1. The number of carbonyl (C=O) groups excluding carboxylic acids is 1. The fourth-order valence-electron chi connectivity index (χ4n) is 3.43. The summed E-state index contributed by atoms with van der Waals surface area (Å²) in [5.41, 5.74) is 3.65. The van der Waals surface area contributed by atoms with E-state index in [1.54, 1.807) is 19.2 Å². The third-order valence-corrected chi connectivity index (χ3v) is 6.11. The van der Waals surface area contributed by atoms with Crippen molar-refractivity contribution < 1.29 is 13.9 Å². The van der Waals surface area contributed by atoms with Gasteiger partial charge < -0.3 is 15.0 Å². The molecule has 0 spiro atoms. The Hall–Kier alpha value is -3.19. The van der Waals surface area contributed by atoms with E-state index in [4.69, 9.17) is 4.74 Å². The summed E-state index contributed by atoms with van der Waals surface area (Å²) in [6.45, 7) is 2.99. The van der Waals surface area contributed by atoms with Crippen LogP contribution < -0.4 is 10.1 Å². The van der Waals surface area contributed by atoms with Crippen LogP contribution in [0.5, 0.6) is 5.75 Å². The number of hydrogen-bond acceptors (Lipinski definition) is 5. The second-order valence-corrected chi connectivity index (χ2v) is 8.00. The van der Waals surface area contributed by atoms with E-state index in [1.807, 2.05) is 42.2 Å². The third-order valence-electron chi connectivity index (χ3n) is 5.05. The normalized spacial score (nSPS) is 13.7. The monoisotopic (exact) mass is 423 g/mol. The Labute approximate surface area is 178 Å². The third kappa shape index (κ3) is 4.21. The van der Waals surface area contributed by atoms with Crippen molar-refractivity contribution in [1.29, 1.82) is 0 Å². The van der Waals surface area contributed by atoms with Gasteiger partial charge in [-0.2, -0.15) is 0 Å². The lowest BCUT2D eigenvalue weighted by Crippen LogP contribution is -2.34. The molecule has 0 fully saturated rings. The fraction of sp³-hybridized carbons (Fsp3) is 0.217. The minimum Gasteiger partial charge on any atom is -0.495 e. The molecule has 1 N–H and O–H groups in total. The molecule has 2 aromatic carbocycles. The van der Waals surface area contributed by atoms with Gasteiger partial charge in [0.25, 0.3) is 5.91 Å². The van der Waals surface area contributed by atoms with Gasteiger partial charge in [0.2, 0.25) is 0 Å². The average Bonchev–Trinajstić information content (AvgIpc) is 3.14. The van der Waals surface area contributed by atoms with Crippen molar-refractivity contribution in [1.82, 2.24) is 9.88 Å². The van der Waals surface area contributed by atoms with E-state index in [0.717, 1.165) is 23.2 Å². The molecule has 1 aliphatic heterocycles. The minimum atomic E-state index is -0.245. The Morgan fingerprint density at radius 2 is 1.97 bits per heavy atom. The first-order chi connectivity index (χ1) is 14.5. The summed E-state index contributed by atoms with van der Waals surface area (Å²) in [6, 6.07) is 14.1. The number of nitrogens with one attached hydrogen (secondary N) is 1. The summed E-state index contributed by atoms with van der Waals surface area (Å²) in [6.07, 6.45) is 2.78. The second-order valence-electron chi connectivity index (χ2n) is 7.00. The van der Waals surface area contributed by atoms with Crippen molar-refractivity contribution in [3.05, 3.63) is 76.6 Å². The van der Waals surface area contributed by atoms with Gasteiger partial charge in [-0.05, 0) is 48.7 Å². The highest BCUT2D eigenvalue weighted by Crippen LogP contribution is 2.32. The van der Waals surface area contributed by atoms with E-state index >= 15 is 0 Å². The molecule has 0 saturated heterocycles. The van der Waals surface area contributed by atoms with E-state index < -0.39 is 0 Å². The van der Waals surface area contributed by atoms with Gasteiger partial charge in [0.1, 0.15) is 16.4 Å². The number of para-hydroxylation sites is 2. The molecule has 3 aromatic rings. The number of thiazole rings is 1. The molecular formula is C23H22FN3O2S. The van der Waals surface area contributed by atoms with Crippen LogP contribution in [0.15, 0.2) is 54.6 Å². The van der Waals surface area contributed by atoms with Crippen LogP contribution in [-0.2, 0) is 0 Å². The number of hydrogen-bond donors (Lipinski definition) is 1. The van der Waals surface area contributed by atoms with E-state index in [2.05, 4.69) is 10.3 Å². The lowest BCUT2D eigenvalue weighted by atomic mass is 9.99. The highest BCUT2D eigenvalue weighted by molar-refractivity contribution is 7.17. The van der Waals surface area contributed by atoms with Crippen LogP contribution in [-0.4, -0.2) is 36.0 Å². The number of aryl methyl sites for hydroxylation is 1. The number of rotatable bonds is 5. The molecule has 0 bridgehead atoms. The summed E-state index contributed by atoms with van der Waals surface area (Å²) in [5.74, 6) is 0.449. The maximum absolute atomic E-state index is 13.1. The topological polar surface area (TPSA) is 54.5 Å². The van der Waals surface area contributed by atoms with Gasteiger partial charge in [-0.25, -0.2) is 9.37 Å². The zero-order valence-electron chi connectivity index (χ0n) is 16.8. The molecule has 0 radical (unpaired) electrons. The summed E-state index contributed by atoms with van der Waals surface area (Å²) in [5, 5.41) is 3.90. The number of amides is 1. The lowest BCUT2D eigenvalue weighted by Gasteiger charge is -2.26. The zero-order chi connectivity index (χ0) is 21.1. The molecule has 30 heavy (non-hydrogen) atoms. The van der Waals surface area contributed by atoms with Gasteiger partial charge in [0.15, 0.2) is 5.13 Å². The largest absolute Gasteiger partial charge is 0.495 e. The predicted molar refractivity (Wildman–Crippen MR) is 118 cm³/mol. The molecule has 2 heterocycles. The number of carbonyl (C=O) groups is 1. The molecule has 154 valence electrons. The number of ether oxygens (including phenoxy) is 1. The number of nitrogens with zero attached hydrogens (tertiary/aromatic N) is 2. The highest BCUT2D eigenvalue weighted by atomic mass is 32.1. The van der Waals surface area contributed by atoms with Crippen molar-refractivity contribution in [2.75, 3.05) is 25.5 Å². The van der Waals surface area contributed by atoms with Crippen LogP contribution in [0.1, 0.15) is 27.3 Å². The fourth-order valence-corrected chi connectivity index (χ4v) is 4.38. The standard InChI is InChI=1S/C23H22FN3O2S/c1-15-21(30-23(25-15)26-19-5-3-4-6-20(19)29-2)22(28)27-13-11-17(12-14-27)16-7-9-18(24)10-8-16/h3-11H,12-14H2,1-2H3,(H,25,26). The Morgan fingerprint density at radius 3 is 2.67 bits per heavy atom. The molecule has 1 amide bonds. The molecular weight excluding hydrogens is 401 g/mol. The first kappa shape index (κ1) is 20.1. The Morgan fingerprint density at radius 1 is 1.20 bits per heavy atom. The number of anilines is 2. The molecule has 4 rings (SSSR count). The van der Waals surface area contributed by atoms with E-state index in [0.29, 0.717) is 34.5 Å². The molecule has 0 aliphatic carbocycles. The number of methoxy groups -OCH3 is 1. The number of benzene rings is 2. The Balaban J connectivity index is 1.47. The first-order valence-corrected chi connectivity index (χ1v) is 10.5. The van der Waals surface area contributed by atoms with E-state index in [-0.39, 0.29) is 11.7 Å². The Kier molecular flexibility index (Phi) is 5.81. The molecule has 1 aromatic heterocycles. The van der Waals surface area contributed by atoms with Gasteiger partial charge in [0, 0.05) is 13.1 Å². The van der Waals surface area contributed by atoms with Crippen molar-refractivity contribution >= 4 is 33.6 Å². The van der Waals surface area contributed by atoms with Crippen molar-refractivity contribution in [3.63, 3.8) is 0 Å². The summed E-state index contributed by atoms with van der Waals surface area (Å²) in [7, 11) is 1.62. The molecule has 0 saturated carbocycles. The highest BCUT2D eigenvalue weighted by Gasteiger charge is 2.24. The Bertz CT molecular complexity index is 1090. The minimum absolute atomic E-state index is 0.0208. The first-order valence-electron chi connectivity index (χ1n) is 9.67. The molecule has 0 unspecified atom stereocenters. The van der Waals surface area contributed by atoms with E-state index in [9.17, 15) is 9.18 Å². The summed E-state index contributed by atoms with van der Waals surface area (Å²) < 4.78 is 18.5. The van der Waals surface area contributed by atoms with Crippen molar-refractivity contribution in [3.8, 4) is 5.75 Å². The molecule has 5 nitrogen and oxygen atoms in total. The second kappa shape index (κ2) is 8.67. The van der Waals surface area contributed by atoms with Crippen LogP contribution in [0.25, 0.3) is 5.57 Å². The van der Waals surface area contributed by atoms with Gasteiger partial charge in [0.05, 0.1) is 18.5 Å². The van der Waals surface area contributed by atoms with Crippen molar-refractivity contribution in [2.45, 2.75) is 13.3 Å². The van der Waals surface area contributed by atoms with E-state index in [1.165, 1.54) is 23.5 Å². The smallest absolute Gasteiger partial charge is 0.266 e. The average molecular weight is 424 g/mol. The SMILES string of the molecule is COc1ccccc1Nc1nc(C)c(C(=O)N2CC=C(c3ccc(F)cc3)CC2)s1. The quantitative estimate of drug-likeness (QED) is 0.607. The van der Waals surface area contributed by atoms with Crippen molar-refractivity contribution in [2.24, 2.45) is 0 Å². The van der Waals surface area contributed by atoms with Gasteiger partial charge >= 0.3 is 0 Å². The predicted octanol–water partition coefficient (Wildman–Crippen LogP) is 5.27. The molecule has 0 atom stereocenters. The lowest BCUT2D eigenvalue weighted by molar-refractivity contribution is 0.0776. The van der Waals surface area contributed by atoms with Gasteiger partial charge in [-0.1, -0.05) is 41.7 Å². The molecule has 7 heteroatoms. The van der Waals surface area contributed by atoms with Crippen LogP contribution in [0.3, 0.4) is 0 Å². The van der Waals surface area contributed by atoms with Gasteiger partial charge in [-0.3, -0.25) is 4.79 Å². The number of aromatic nitrogens is 1. The van der Waals surface area contributed by atoms with Crippen LogP contribution in [0.4, 0.5) is 15.2 Å². The number of halogens is 1. The molecule has 1 aliphatic rings. The van der Waals surface area contributed by atoms with Gasteiger partial charge in [-0.15, -0.1) is 0 Å². The van der Waals surface area contributed by atoms with Crippen LogP contribution >= 0.6 is 11.3 Å². The summed E-state index contributed by atoms with van der Waals surface area (Å²) >= 11 is 1.34. The van der Waals surface area contributed by atoms with Crippen LogP contribution in [0, 0.1) is 12.7 Å². The zero-order valence-corrected chi connectivity index (χ0v) is 17.6. The van der Waals surface area contributed by atoms with Crippen LogP contribution in [0.2, 0.25) is 0 Å².